The lowest BCUT2D eigenvalue weighted by molar-refractivity contribution is -0.385. The molecule has 7 rings (SSSR count). The van der Waals surface area contributed by atoms with Gasteiger partial charge in [-0.05, 0) is 60.7 Å². The molecule has 244 valence electrons. The van der Waals surface area contributed by atoms with E-state index < -0.39 is 69.0 Å². The van der Waals surface area contributed by atoms with Crippen molar-refractivity contribution in [3.05, 3.63) is 110 Å². The first-order valence-electron chi connectivity index (χ1n) is 15.4. The Morgan fingerprint density at radius 3 is 1.73 bits per heavy atom. The highest BCUT2D eigenvalue weighted by atomic mass is 16.6. The molecule has 6 atom stereocenters. The largest absolute Gasteiger partial charge is 0.491 e. The molecule has 2 saturated heterocycles. The van der Waals surface area contributed by atoms with Crippen LogP contribution < -0.4 is 14.5 Å². The van der Waals surface area contributed by atoms with Crippen LogP contribution in [0, 0.1) is 49.8 Å². The number of non-ortho nitro benzene ring substituents is 2. The van der Waals surface area contributed by atoms with Gasteiger partial charge < -0.3 is 9.84 Å². The lowest BCUT2D eigenvalue weighted by atomic mass is 9.57. The summed E-state index contributed by atoms with van der Waals surface area (Å²) in [6, 6.07) is 17.3. The highest BCUT2D eigenvalue weighted by Crippen LogP contribution is 2.58. The number of nitrogens with zero attached hydrogens (tertiary/aromatic N) is 4. The van der Waals surface area contributed by atoms with E-state index in [0.29, 0.717) is 11.3 Å². The number of nitro benzene ring substituents is 2. The van der Waals surface area contributed by atoms with Gasteiger partial charge >= 0.3 is 0 Å². The molecule has 3 fully saturated rings. The van der Waals surface area contributed by atoms with E-state index in [1.807, 2.05) is 6.08 Å². The predicted molar refractivity (Wildman–Crippen MR) is 168 cm³/mol. The second kappa shape index (κ2) is 11.8. The van der Waals surface area contributed by atoms with Crippen LogP contribution in [-0.4, -0.2) is 51.8 Å². The smallest absolute Gasteiger partial charge is 0.269 e. The number of allylic oxidation sites excluding steroid dienone is 2. The van der Waals surface area contributed by atoms with Crippen molar-refractivity contribution in [1.82, 2.24) is 0 Å². The second-order valence-electron chi connectivity index (χ2n) is 12.2. The number of ether oxygens (including phenoxy) is 1. The van der Waals surface area contributed by atoms with Crippen molar-refractivity contribution in [1.29, 1.82) is 0 Å². The minimum absolute atomic E-state index is 0.0857. The molecule has 3 aromatic carbocycles. The standard InChI is InChI=1S/C34H28N4O10/c39-15-16-48-23-11-1-18(2-12-23)28-24-13-14-25-29(33(42)35(31(25)40)19-3-7-21(8-4-19)37(44)45)26(24)17-27-30(28)34(43)36(32(27)41)20-5-9-22(10-6-20)38(46)47/h1-13,25-30,39H,14-17H2. The molecule has 2 aliphatic carbocycles. The van der Waals surface area contributed by atoms with Gasteiger partial charge in [-0.15, -0.1) is 0 Å². The first-order valence-corrected chi connectivity index (χ1v) is 15.4. The Hall–Kier alpha value is -5.76. The number of carbonyl (C=O) groups excluding carboxylic acids is 4. The molecule has 0 radical (unpaired) electrons. The van der Waals surface area contributed by atoms with Gasteiger partial charge in [-0.1, -0.05) is 23.8 Å². The lowest BCUT2D eigenvalue weighted by Gasteiger charge is -2.44. The van der Waals surface area contributed by atoms with E-state index in [0.717, 1.165) is 15.4 Å². The Morgan fingerprint density at radius 1 is 0.688 bits per heavy atom. The first-order chi connectivity index (χ1) is 23.1. The summed E-state index contributed by atoms with van der Waals surface area (Å²) in [7, 11) is 0. The number of nitro groups is 2. The molecule has 14 heteroatoms. The zero-order valence-corrected chi connectivity index (χ0v) is 25.2. The third-order valence-electron chi connectivity index (χ3n) is 9.89. The average molecular weight is 653 g/mol. The monoisotopic (exact) mass is 652 g/mol. The van der Waals surface area contributed by atoms with Crippen LogP contribution in [0.15, 0.2) is 84.4 Å². The SMILES string of the molecule is O=C1C2CC=C3C(CC4C(=O)N(c5ccc([N+](=O)[O-])cc5)C(=O)C4C3c3ccc(OCCO)cc3)C2C(=O)N1c1ccc([N+](=O)[O-])cc1. The number of rotatable bonds is 8. The van der Waals surface area contributed by atoms with Crippen molar-refractivity contribution in [3.63, 3.8) is 0 Å². The molecule has 3 aromatic rings. The molecule has 2 aliphatic heterocycles. The number of carbonyl (C=O) groups is 4. The molecule has 0 bridgehead atoms. The van der Waals surface area contributed by atoms with E-state index in [9.17, 15) is 39.4 Å². The molecular formula is C34H28N4O10. The van der Waals surface area contributed by atoms with Gasteiger partial charge in [0.05, 0.1) is 51.5 Å². The second-order valence-corrected chi connectivity index (χ2v) is 12.2. The van der Waals surface area contributed by atoms with Crippen molar-refractivity contribution in [3.8, 4) is 5.75 Å². The Balaban J connectivity index is 1.28. The fraction of sp³-hybridized carbons (Fsp3) is 0.294. The summed E-state index contributed by atoms with van der Waals surface area (Å²) in [6.07, 6.45) is 2.26. The van der Waals surface area contributed by atoms with Gasteiger partial charge in [0.1, 0.15) is 12.4 Å². The van der Waals surface area contributed by atoms with Crippen LogP contribution >= 0.6 is 0 Å². The number of anilines is 2. The van der Waals surface area contributed by atoms with Crippen molar-refractivity contribution in [2.45, 2.75) is 18.8 Å². The number of hydrogen-bond acceptors (Lipinski definition) is 10. The third-order valence-corrected chi connectivity index (χ3v) is 9.89. The van der Waals surface area contributed by atoms with E-state index in [1.54, 1.807) is 24.3 Å². The molecule has 0 aromatic heterocycles. The highest BCUT2D eigenvalue weighted by Gasteiger charge is 2.62. The maximum atomic E-state index is 14.2. The minimum atomic E-state index is -0.847. The van der Waals surface area contributed by atoms with E-state index in [2.05, 4.69) is 0 Å². The van der Waals surface area contributed by atoms with Crippen molar-refractivity contribution in [2.75, 3.05) is 23.0 Å². The number of imide groups is 2. The summed E-state index contributed by atoms with van der Waals surface area (Å²) in [5.74, 6) is -5.77. The van der Waals surface area contributed by atoms with Crippen LogP contribution in [0.3, 0.4) is 0 Å². The van der Waals surface area contributed by atoms with Crippen molar-refractivity contribution >= 4 is 46.4 Å². The maximum Gasteiger partial charge on any atom is 0.269 e. The van der Waals surface area contributed by atoms with Crippen LogP contribution in [0.25, 0.3) is 0 Å². The van der Waals surface area contributed by atoms with Crippen LogP contribution in [0.2, 0.25) is 0 Å². The van der Waals surface area contributed by atoms with E-state index in [-0.39, 0.29) is 48.8 Å². The molecule has 0 spiro atoms. The van der Waals surface area contributed by atoms with Gasteiger partial charge in [0, 0.05) is 30.2 Å². The van der Waals surface area contributed by atoms with Crippen molar-refractivity contribution < 1.29 is 38.9 Å². The predicted octanol–water partition coefficient (Wildman–Crippen LogP) is 3.92. The summed E-state index contributed by atoms with van der Waals surface area (Å²) < 4.78 is 5.52. The van der Waals surface area contributed by atoms with Gasteiger partial charge in [-0.3, -0.25) is 49.2 Å². The highest BCUT2D eigenvalue weighted by molar-refractivity contribution is 6.24. The van der Waals surface area contributed by atoms with Gasteiger partial charge in [-0.2, -0.15) is 0 Å². The zero-order chi connectivity index (χ0) is 33.9. The van der Waals surface area contributed by atoms with Gasteiger partial charge in [-0.25, -0.2) is 0 Å². The normalized spacial score (nSPS) is 26.1. The van der Waals surface area contributed by atoms with Crippen LogP contribution in [-0.2, 0) is 19.2 Å². The van der Waals surface area contributed by atoms with E-state index in [4.69, 9.17) is 9.84 Å². The van der Waals surface area contributed by atoms with Crippen LogP contribution in [0.5, 0.6) is 5.75 Å². The Kier molecular flexibility index (Phi) is 7.59. The quantitative estimate of drug-likeness (QED) is 0.162. The van der Waals surface area contributed by atoms with E-state index >= 15 is 0 Å². The third kappa shape index (κ3) is 4.83. The molecule has 48 heavy (non-hydrogen) atoms. The maximum absolute atomic E-state index is 14.2. The molecule has 4 amide bonds. The molecule has 1 saturated carbocycles. The number of aliphatic hydroxyl groups is 1. The fourth-order valence-corrected chi connectivity index (χ4v) is 7.85. The number of hydrogen-bond donors (Lipinski definition) is 1. The van der Waals surface area contributed by atoms with Gasteiger partial charge in [0.2, 0.25) is 23.6 Å². The summed E-state index contributed by atoms with van der Waals surface area (Å²) in [4.78, 5) is 79.5. The summed E-state index contributed by atoms with van der Waals surface area (Å²) in [5.41, 5.74) is 1.51. The van der Waals surface area contributed by atoms with Crippen LogP contribution in [0.1, 0.15) is 24.3 Å². The summed E-state index contributed by atoms with van der Waals surface area (Å²) >= 11 is 0. The molecule has 6 unspecified atom stereocenters. The number of benzene rings is 3. The zero-order valence-electron chi connectivity index (χ0n) is 25.2. The number of amides is 4. The molecular weight excluding hydrogens is 624 g/mol. The Morgan fingerprint density at radius 2 is 1.21 bits per heavy atom. The molecule has 4 aliphatic rings. The van der Waals surface area contributed by atoms with E-state index in [1.165, 1.54) is 48.5 Å². The molecule has 2 heterocycles. The average Bonchev–Trinajstić information content (AvgIpc) is 3.50. The number of fused-ring (bicyclic) bond motifs is 4. The minimum Gasteiger partial charge on any atom is -0.491 e. The Bertz CT molecular complexity index is 1890. The van der Waals surface area contributed by atoms with Gasteiger partial charge in [0.15, 0.2) is 0 Å². The lowest BCUT2D eigenvalue weighted by Crippen LogP contribution is -2.43. The molecule has 1 N–H and O–H groups in total. The first kappa shape index (κ1) is 30.9. The summed E-state index contributed by atoms with van der Waals surface area (Å²) in [5, 5.41) is 31.6. The Labute approximate surface area is 272 Å². The summed E-state index contributed by atoms with van der Waals surface area (Å²) in [6.45, 7) is -0.0909. The van der Waals surface area contributed by atoms with Gasteiger partial charge in [0.25, 0.3) is 11.4 Å². The number of aliphatic hydroxyl groups excluding tert-OH is 1. The van der Waals surface area contributed by atoms with Crippen molar-refractivity contribution in [2.24, 2.45) is 29.6 Å². The van der Waals surface area contributed by atoms with Crippen LogP contribution in [0.4, 0.5) is 22.7 Å². The topological polar surface area (TPSA) is 190 Å². The molecule has 14 nitrogen and oxygen atoms in total. The fourth-order valence-electron chi connectivity index (χ4n) is 7.85.